The van der Waals surface area contributed by atoms with E-state index in [4.69, 9.17) is 10.4 Å². The minimum absolute atomic E-state index is 0.428. The summed E-state index contributed by atoms with van der Waals surface area (Å²) < 4.78 is 13.1. The first-order chi connectivity index (χ1) is 18.2. The first kappa shape index (κ1) is 26.2. The van der Waals surface area contributed by atoms with E-state index in [-0.39, 0.29) is 0 Å². The second-order valence-electron chi connectivity index (χ2n) is 10.8. The van der Waals surface area contributed by atoms with Gasteiger partial charge >= 0.3 is 0 Å². The summed E-state index contributed by atoms with van der Waals surface area (Å²) in [5, 5.41) is 3.09. The molecule has 0 amide bonds. The first-order valence-corrected chi connectivity index (χ1v) is 15.2. The lowest BCUT2D eigenvalue weighted by atomic mass is 9.93. The molecule has 2 aliphatic carbocycles. The Kier molecular flexibility index (Phi) is 9.16. The van der Waals surface area contributed by atoms with Gasteiger partial charge in [0.15, 0.2) is 0 Å². The van der Waals surface area contributed by atoms with Gasteiger partial charge < -0.3 is 9.74 Å². The topological polar surface area (TPSA) is 81.5 Å². The van der Waals surface area contributed by atoms with E-state index in [1.807, 2.05) is 6.07 Å². The molecule has 0 radical (unpaired) electrons. The molecule has 0 N–H and O–H groups in total. The van der Waals surface area contributed by atoms with Crippen LogP contribution < -0.4 is 4.84 Å². The third kappa shape index (κ3) is 6.74. The van der Waals surface area contributed by atoms with Crippen LogP contribution in [0.15, 0.2) is 57.5 Å². The van der Waals surface area contributed by atoms with Crippen LogP contribution in [-0.4, -0.2) is 52.8 Å². The Morgan fingerprint density at radius 3 is 2.46 bits per heavy atom. The lowest BCUT2D eigenvalue weighted by molar-refractivity contribution is 0.0781. The van der Waals surface area contributed by atoms with Crippen LogP contribution in [0.25, 0.3) is 10.4 Å². The Hall–Kier alpha value is -2.38. The van der Waals surface area contributed by atoms with E-state index in [1.165, 1.54) is 102 Å². The highest BCUT2D eigenvalue weighted by Crippen LogP contribution is 2.38. The van der Waals surface area contributed by atoms with Crippen molar-refractivity contribution < 1.29 is 9.05 Å². The van der Waals surface area contributed by atoms with Crippen LogP contribution in [0, 0.1) is 0 Å². The summed E-state index contributed by atoms with van der Waals surface area (Å²) in [6.07, 6.45) is 13.2. The highest BCUT2D eigenvalue weighted by Gasteiger charge is 2.26. The molecule has 37 heavy (non-hydrogen) atoms. The molecular formula is C29H39N5O2S. The molecule has 2 atom stereocenters. The normalized spacial score (nSPS) is 21.8. The molecule has 2 fully saturated rings. The number of hydrogen-bond donors (Lipinski definition) is 0. The standard InChI is InChI=1S/C29H39N5O2S/c30-31-32-36-26-11-13-27(14-12-26)37(35)28-15-16-29-23(9-10-24(29)22-28)6-4-5-17-33-18-20-34(21-19-33)25-7-2-1-3-8-25/h11-16,22-23,25H,1-10,17-21H2. The summed E-state index contributed by atoms with van der Waals surface area (Å²) in [4.78, 5) is 14.4. The van der Waals surface area contributed by atoms with E-state index in [2.05, 4.69) is 32.1 Å². The van der Waals surface area contributed by atoms with Gasteiger partial charge in [0.1, 0.15) is 11.0 Å². The SMILES string of the molecule is [N-]=[N+]=NOc1ccc(S(=O)c2ccc3c(c2)CCC3CCCCN2CCN(C3CCCCC3)CC2)cc1. The van der Waals surface area contributed by atoms with Crippen LogP contribution in [0.3, 0.4) is 0 Å². The molecule has 2 aromatic carbocycles. The fourth-order valence-electron chi connectivity index (χ4n) is 6.45. The maximum absolute atomic E-state index is 13.1. The van der Waals surface area contributed by atoms with Crippen molar-refractivity contribution >= 4 is 10.8 Å². The number of unbranched alkanes of at least 4 members (excludes halogenated alkanes) is 1. The average Bonchev–Trinajstić information content (AvgIpc) is 3.37. The van der Waals surface area contributed by atoms with Gasteiger partial charge in [-0.05, 0) is 104 Å². The predicted octanol–water partition coefficient (Wildman–Crippen LogP) is 6.61. The van der Waals surface area contributed by atoms with Crippen molar-refractivity contribution in [2.75, 3.05) is 32.7 Å². The summed E-state index contributed by atoms with van der Waals surface area (Å²) in [5.74, 6) is 1.06. The van der Waals surface area contributed by atoms with E-state index >= 15 is 0 Å². The van der Waals surface area contributed by atoms with Gasteiger partial charge in [0.2, 0.25) is 0 Å². The van der Waals surface area contributed by atoms with Gasteiger partial charge in [-0.15, -0.1) is 0 Å². The molecular weight excluding hydrogens is 482 g/mol. The first-order valence-electron chi connectivity index (χ1n) is 14.0. The molecule has 3 aliphatic rings. The van der Waals surface area contributed by atoms with E-state index in [9.17, 15) is 4.21 Å². The van der Waals surface area contributed by atoms with Crippen LogP contribution in [0.4, 0.5) is 0 Å². The molecule has 1 saturated heterocycles. The van der Waals surface area contributed by atoms with Crippen molar-refractivity contribution in [2.45, 2.75) is 86.0 Å². The zero-order valence-corrected chi connectivity index (χ0v) is 22.6. The van der Waals surface area contributed by atoms with Crippen LogP contribution in [0.1, 0.15) is 74.8 Å². The van der Waals surface area contributed by atoms with Gasteiger partial charge in [-0.3, -0.25) is 4.90 Å². The van der Waals surface area contributed by atoms with Crippen molar-refractivity contribution in [3.63, 3.8) is 0 Å². The van der Waals surface area contributed by atoms with Crippen molar-refractivity contribution in [3.8, 4) is 5.75 Å². The Morgan fingerprint density at radius 2 is 1.70 bits per heavy atom. The second-order valence-corrected chi connectivity index (χ2v) is 12.2. The summed E-state index contributed by atoms with van der Waals surface area (Å²) in [5.41, 5.74) is 11.2. The summed E-state index contributed by atoms with van der Waals surface area (Å²) in [6, 6.07) is 14.1. The van der Waals surface area contributed by atoms with Crippen LogP contribution >= 0.6 is 0 Å². The maximum Gasteiger partial charge on any atom is 0.136 e. The largest absolute Gasteiger partial charge is 0.394 e. The van der Waals surface area contributed by atoms with Gasteiger partial charge in [-0.1, -0.05) is 31.7 Å². The molecule has 1 heterocycles. The number of hydrogen-bond acceptors (Lipinski definition) is 5. The number of fused-ring (bicyclic) bond motifs is 1. The zero-order valence-electron chi connectivity index (χ0n) is 21.8. The third-order valence-corrected chi connectivity index (χ3v) is 9.91. The Balaban J connectivity index is 1.06. The number of aryl methyl sites for hydroxylation is 1. The van der Waals surface area contributed by atoms with Gasteiger partial charge in [-0.25, -0.2) is 4.21 Å². The minimum atomic E-state index is -1.25. The van der Waals surface area contributed by atoms with E-state index in [0.29, 0.717) is 16.6 Å². The molecule has 1 saturated carbocycles. The van der Waals surface area contributed by atoms with E-state index < -0.39 is 10.8 Å². The number of benzene rings is 2. The fraction of sp³-hybridized carbons (Fsp3) is 0.586. The lowest BCUT2D eigenvalue weighted by Gasteiger charge is -2.40. The molecule has 1 aliphatic heterocycles. The summed E-state index contributed by atoms with van der Waals surface area (Å²) >= 11 is 0. The van der Waals surface area contributed by atoms with Crippen molar-refractivity contribution in [1.82, 2.24) is 9.80 Å². The number of azide groups is 1. The van der Waals surface area contributed by atoms with E-state index in [0.717, 1.165) is 17.4 Å². The smallest absolute Gasteiger partial charge is 0.136 e. The highest BCUT2D eigenvalue weighted by atomic mass is 32.2. The molecule has 0 aromatic heterocycles. The quantitative estimate of drug-likeness (QED) is 0.116. The van der Waals surface area contributed by atoms with Gasteiger partial charge in [0.05, 0.1) is 10.8 Å². The number of rotatable bonds is 10. The lowest BCUT2D eigenvalue weighted by Crippen LogP contribution is -2.50. The van der Waals surface area contributed by atoms with Crippen molar-refractivity contribution in [2.24, 2.45) is 5.28 Å². The molecule has 0 spiro atoms. The third-order valence-electron chi connectivity index (χ3n) is 8.53. The van der Waals surface area contributed by atoms with Gasteiger partial charge in [0, 0.05) is 46.9 Å². The second kappa shape index (κ2) is 12.9. The molecule has 7 nitrogen and oxygen atoms in total. The summed E-state index contributed by atoms with van der Waals surface area (Å²) in [6.45, 7) is 6.25. The Bertz CT molecular complexity index is 1100. The van der Waals surface area contributed by atoms with Crippen molar-refractivity contribution in [3.05, 3.63) is 64.0 Å². The van der Waals surface area contributed by atoms with Gasteiger partial charge in [-0.2, -0.15) is 0 Å². The predicted molar refractivity (Wildman–Crippen MR) is 147 cm³/mol. The number of nitrogens with zero attached hydrogens (tertiary/aromatic N) is 5. The molecule has 8 heteroatoms. The fourth-order valence-corrected chi connectivity index (χ4v) is 7.54. The average molecular weight is 522 g/mol. The van der Waals surface area contributed by atoms with Crippen LogP contribution in [0.2, 0.25) is 0 Å². The molecule has 2 aromatic rings. The number of piperazine rings is 1. The van der Waals surface area contributed by atoms with Crippen LogP contribution in [-0.2, 0) is 17.2 Å². The Morgan fingerprint density at radius 1 is 0.946 bits per heavy atom. The van der Waals surface area contributed by atoms with Crippen molar-refractivity contribution in [1.29, 1.82) is 0 Å². The van der Waals surface area contributed by atoms with Crippen LogP contribution in [0.5, 0.6) is 5.75 Å². The molecule has 0 bridgehead atoms. The zero-order chi connectivity index (χ0) is 25.5. The molecule has 198 valence electrons. The van der Waals surface area contributed by atoms with Gasteiger partial charge in [0.25, 0.3) is 0 Å². The minimum Gasteiger partial charge on any atom is -0.394 e. The van der Waals surface area contributed by atoms with E-state index in [1.54, 1.807) is 24.3 Å². The Labute approximate surface area is 223 Å². The maximum atomic E-state index is 13.1. The molecule has 2 unspecified atom stereocenters. The highest BCUT2D eigenvalue weighted by molar-refractivity contribution is 7.85. The summed E-state index contributed by atoms with van der Waals surface area (Å²) in [7, 11) is -1.25. The molecule has 5 rings (SSSR count). The monoisotopic (exact) mass is 521 g/mol.